The van der Waals surface area contributed by atoms with Crippen LogP contribution in [-0.4, -0.2) is 22.1 Å². The van der Waals surface area contributed by atoms with Gasteiger partial charge in [0.05, 0.1) is 26.0 Å². The molecule has 0 aliphatic heterocycles. The molecule has 0 amide bonds. The van der Waals surface area contributed by atoms with Crippen molar-refractivity contribution in [2.24, 2.45) is 0 Å². The van der Waals surface area contributed by atoms with E-state index in [1.165, 1.54) is 0 Å². The molecule has 78 valence electrons. The number of ether oxygens (including phenoxy) is 1. The van der Waals surface area contributed by atoms with Crippen molar-refractivity contribution in [1.29, 1.82) is 0 Å². The first-order valence-electron chi connectivity index (χ1n) is 4.37. The summed E-state index contributed by atoms with van der Waals surface area (Å²) in [5.74, 6) is 1.18. The Hall–Kier alpha value is -1.69. The first kappa shape index (κ1) is 9.85. The Morgan fingerprint density at radius 2 is 2.40 bits per heavy atom. The van der Waals surface area contributed by atoms with Gasteiger partial charge in [0, 0.05) is 11.6 Å². The molecule has 0 saturated heterocycles. The minimum atomic E-state index is 0.499. The van der Waals surface area contributed by atoms with Crippen molar-refractivity contribution in [2.75, 3.05) is 12.4 Å². The molecule has 2 aromatic heterocycles. The molecule has 2 heterocycles. The third-order valence-electron chi connectivity index (χ3n) is 1.73. The Morgan fingerprint density at radius 1 is 1.47 bits per heavy atom. The van der Waals surface area contributed by atoms with Crippen LogP contribution in [0.15, 0.2) is 24.0 Å². The van der Waals surface area contributed by atoms with Gasteiger partial charge in [0.1, 0.15) is 10.8 Å². The van der Waals surface area contributed by atoms with E-state index >= 15 is 0 Å². The SMILES string of the molecule is COc1cncc(NCc2nccs2)n1. The summed E-state index contributed by atoms with van der Waals surface area (Å²) in [7, 11) is 1.56. The van der Waals surface area contributed by atoms with Crippen LogP contribution in [0.4, 0.5) is 5.82 Å². The minimum Gasteiger partial charge on any atom is -0.480 e. The van der Waals surface area contributed by atoms with Gasteiger partial charge in [-0.3, -0.25) is 4.98 Å². The molecule has 6 heteroatoms. The van der Waals surface area contributed by atoms with Crippen LogP contribution in [0.1, 0.15) is 5.01 Å². The van der Waals surface area contributed by atoms with Crippen molar-refractivity contribution in [3.63, 3.8) is 0 Å². The van der Waals surface area contributed by atoms with Crippen molar-refractivity contribution < 1.29 is 4.74 Å². The summed E-state index contributed by atoms with van der Waals surface area (Å²) >= 11 is 1.60. The highest BCUT2D eigenvalue weighted by Crippen LogP contribution is 2.10. The average Bonchev–Trinajstić information content (AvgIpc) is 2.79. The Kier molecular flexibility index (Phi) is 3.08. The van der Waals surface area contributed by atoms with Crippen molar-refractivity contribution in [3.05, 3.63) is 29.0 Å². The number of nitrogens with zero attached hydrogens (tertiary/aromatic N) is 3. The third kappa shape index (κ3) is 2.63. The molecule has 1 N–H and O–H groups in total. The molecule has 0 aliphatic rings. The Balaban J connectivity index is 1.98. The lowest BCUT2D eigenvalue weighted by atomic mass is 10.6. The Morgan fingerprint density at radius 3 is 3.13 bits per heavy atom. The largest absolute Gasteiger partial charge is 0.480 e. The summed E-state index contributed by atoms with van der Waals surface area (Å²) in [6, 6.07) is 0. The lowest BCUT2D eigenvalue weighted by Gasteiger charge is -2.03. The first-order valence-corrected chi connectivity index (χ1v) is 5.25. The summed E-state index contributed by atoms with van der Waals surface area (Å²) in [4.78, 5) is 12.3. The Labute approximate surface area is 91.2 Å². The van der Waals surface area contributed by atoms with Crippen LogP contribution in [0, 0.1) is 0 Å². The predicted octanol–water partition coefficient (Wildman–Crippen LogP) is 1.55. The highest BCUT2D eigenvalue weighted by molar-refractivity contribution is 7.09. The van der Waals surface area contributed by atoms with Gasteiger partial charge < -0.3 is 10.1 Å². The van der Waals surface area contributed by atoms with Gasteiger partial charge in [-0.2, -0.15) is 4.98 Å². The number of hydrogen-bond donors (Lipinski definition) is 1. The van der Waals surface area contributed by atoms with Crippen LogP contribution in [-0.2, 0) is 6.54 Å². The monoisotopic (exact) mass is 222 g/mol. The van der Waals surface area contributed by atoms with Gasteiger partial charge >= 0.3 is 0 Å². The molecule has 2 aromatic rings. The molecule has 0 bridgehead atoms. The van der Waals surface area contributed by atoms with Crippen LogP contribution in [0.2, 0.25) is 0 Å². The van der Waals surface area contributed by atoms with E-state index in [2.05, 4.69) is 20.3 Å². The number of anilines is 1. The first-order chi connectivity index (χ1) is 7.38. The van der Waals surface area contributed by atoms with Crippen molar-refractivity contribution in [1.82, 2.24) is 15.0 Å². The second-order valence-electron chi connectivity index (χ2n) is 2.73. The molecule has 0 saturated carbocycles. The van der Waals surface area contributed by atoms with Crippen LogP contribution in [0.3, 0.4) is 0 Å². The zero-order valence-corrected chi connectivity index (χ0v) is 8.99. The quantitative estimate of drug-likeness (QED) is 0.850. The molecular formula is C9H10N4OS. The molecule has 0 aliphatic carbocycles. The fourth-order valence-electron chi connectivity index (χ4n) is 1.04. The smallest absolute Gasteiger partial charge is 0.233 e. The van der Waals surface area contributed by atoms with Crippen LogP contribution in [0.5, 0.6) is 5.88 Å². The van der Waals surface area contributed by atoms with Gasteiger partial charge in [-0.25, -0.2) is 4.98 Å². The lowest BCUT2D eigenvalue weighted by Crippen LogP contribution is -2.02. The van der Waals surface area contributed by atoms with Gasteiger partial charge in [0.2, 0.25) is 5.88 Å². The summed E-state index contributed by atoms with van der Waals surface area (Å²) in [6.45, 7) is 0.652. The van der Waals surface area contributed by atoms with Crippen molar-refractivity contribution in [2.45, 2.75) is 6.54 Å². The fraction of sp³-hybridized carbons (Fsp3) is 0.222. The number of rotatable bonds is 4. The average molecular weight is 222 g/mol. The molecule has 0 aromatic carbocycles. The van der Waals surface area contributed by atoms with Crippen molar-refractivity contribution >= 4 is 17.2 Å². The van der Waals surface area contributed by atoms with E-state index in [0.717, 1.165) is 5.01 Å². The summed E-state index contributed by atoms with van der Waals surface area (Å²) in [5.41, 5.74) is 0. The van der Waals surface area contributed by atoms with Gasteiger partial charge in [-0.1, -0.05) is 0 Å². The number of aromatic nitrogens is 3. The van der Waals surface area contributed by atoms with Gasteiger partial charge in [0.25, 0.3) is 0 Å². The Bertz CT molecular complexity index is 418. The second kappa shape index (κ2) is 4.70. The zero-order chi connectivity index (χ0) is 10.5. The van der Waals surface area contributed by atoms with Crippen LogP contribution >= 0.6 is 11.3 Å². The molecule has 2 rings (SSSR count). The number of methoxy groups -OCH3 is 1. The second-order valence-corrected chi connectivity index (χ2v) is 3.71. The molecule has 0 fully saturated rings. The molecule has 15 heavy (non-hydrogen) atoms. The van der Waals surface area contributed by atoms with E-state index in [1.807, 2.05) is 5.38 Å². The molecule has 0 unspecified atom stereocenters. The number of hydrogen-bond acceptors (Lipinski definition) is 6. The predicted molar refractivity (Wildman–Crippen MR) is 58.0 cm³/mol. The van der Waals surface area contributed by atoms with E-state index in [-0.39, 0.29) is 0 Å². The fourth-order valence-corrected chi connectivity index (χ4v) is 1.59. The van der Waals surface area contributed by atoms with Crippen molar-refractivity contribution in [3.8, 4) is 5.88 Å². The van der Waals surface area contributed by atoms with Crippen LogP contribution in [0.25, 0.3) is 0 Å². The van der Waals surface area contributed by atoms with Gasteiger partial charge in [-0.15, -0.1) is 11.3 Å². The van der Waals surface area contributed by atoms with Crippen LogP contribution < -0.4 is 10.1 Å². The summed E-state index contributed by atoms with van der Waals surface area (Å²) in [6.07, 6.45) is 4.99. The topological polar surface area (TPSA) is 59.9 Å². The molecule has 5 nitrogen and oxygen atoms in total. The summed E-state index contributed by atoms with van der Waals surface area (Å²) < 4.78 is 4.97. The van der Waals surface area contributed by atoms with E-state index in [0.29, 0.717) is 18.2 Å². The van der Waals surface area contributed by atoms with Gasteiger partial charge in [0.15, 0.2) is 0 Å². The van der Waals surface area contributed by atoms with E-state index in [1.54, 1.807) is 37.0 Å². The lowest BCUT2D eigenvalue weighted by molar-refractivity contribution is 0.396. The van der Waals surface area contributed by atoms with E-state index in [4.69, 9.17) is 4.74 Å². The molecule has 0 radical (unpaired) electrons. The highest BCUT2D eigenvalue weighted by Gasteiger charge is 1.99. The maximum atomic E-state index is 4.97. The standard InChI is InChI=1S/C9H10N4OS/c1-14-8-5-10-4-7(13-8)12-6-9-11-2-3-15-9/h2-5H,6H2,1H3,(H,12,13). The highest BCUT2D eigenvalue weighted by atomic mass is 32.1. The number of nitrogens with one attached hydrogen (secondary N) is 1. The molecular weight excluding hydrogens is 212 g/mol. The van der Waals surface area contributed by atoms with Gasteiger partial charge in [-0.05, 0) is 0 Å². The zero-order valence-electron chi connectivity index (χ0n) is 8.17. The van der Waals surface area contributed by atoms with E-state index < -0.39 is 0 Å². The normalized spacial score (nSPS) is 9.93. The van der Waals surface area contributed by atoms with E-state index in [9.17, 15) is 0 Å². The maximum Gasteiger partial charge on any atom is 0.233 e. The number of thiazole rings is 1. The maximum absolute atomic E-state index is 4.97. The minimum absolute atomic E-state index is 0.499. The summed E-state index contributed by atoms with van der Waals surface area (Å²) in [5, 5.41) is 6.07. The third-order valence-corrected chi connectivity index (χ3v) is 2.51. The molecule has 0 atom stereocenters. The molecule has 0 spiro atoms.